The monoisotopic (exact) mass is 385 g/mol. The molecule has 3 unspecified atom stereocenters. The number of benzene rings is 1. The molecule has 1 N–H and O–H groups in total. The number of carbonyl (C=O) groups is 2. The average Bonchev–Trinajstić information content (AvgIpc) is 2.68. The molecule has 0 radical (unpaired) electrons. The Morgan fingerprint density at radius 3 is 2.39 bits per heavy atom. The van der Waals surface area contributed by atoms with E-state index in [1.54, 1.807) is 0 Å². The van der Waals surface area contributed by atoms with Gasteiger partial charge in [0.05, 0.1) is 13.0 Å². The molecule has 2 fully saturated rings. The highest BCUT2D eigenvalue weighted by Gasteiger charge is 2.29. The molecule has 154 valence electrons. The summed E-state index contributed by atoms with van der Waals surface area (Å²) in [6, 6.07) is 8.47. The Bertz CT molecular complexity index is 665. The number of hydrogen-bond donors (Lipinski definition) is 1. The molecule has 0 spiro atoms. The van der Waals surface area contributed by atoms with Crippen molar-refractivity contribution in [2.24, 2.45) is 11.8 Å². The number of nitrogens with zero attached hydrogens (tertiary/aromatic N) is 2. The summed E-state index contributed by atoms with van der Waals surface area (Å²) < 4.78 is 0. The van der Waals surface area contributed by atoms with Crippen molar-refractivity contribution in [2.45, 2.75) is 52.5 Å². The van der Waals surface area contributed by atoms with E-state index in [2.05, 4.69) is 31.0 Å². The Morgan fingerprint density at radius 1 is 1.04 bits per heavy atom. The second-order valence-corrected chi connectivity index (χ2v) is 8.76. The molecule has 1 aliphatic carbocycles. The molecule has 2 amide bonds. The average molecular weight is 386 g/mol. The molecule has 1 aromatic carbocycles. The fraction of sp³-hybridized carbons (Fsp3) is 0.652. The van der Waals surface area contributed by atoms with Gasteiger partial charge in [-0.3, -0.25) is 14.5 Å². The zero-order valence-corrected chi connectivity index (χ0v) is 17.6. The van der Waals surface area contributed by atoms with Crippen molar-refractivity contribution < 1.29 is 9.59 Å². The predicted molar refractivity (Wildman–Crippen MR) is 112 cm³/mol. The van der Waals surface area contributed by atoms with Crippen molar-refractivity contribution in [2.75, 3.05) is 32.7 Å². The molecule has 1 saturated heterocycles. The SMILES string of the molecule is Cc1ccc(CC(=O)N2CCN(CC(=O)NC3CCCC(C)C3C)CC2)cc1. The number of nitrogens with one attached hydrogen (secondary N) is 1. The molecule has 5 nitrogen and oxygen atoms in total. The summed E-state index contributed by atoms with van der Waals surface area (Å²) in [6.07, 6.45) is 4.03. The molecular weight excluding hydrogens is 350 g/mol. The topological polar surface area (TPSA) is 52.7 Å². The number of hydrogen-bond acceptors (Lipinski definition) is 3. The number of amides is 2. The van der Waals surface area contributed by atoms with Crippen LogP contribution in [0, 0.1) is 18.8 Å². The van der Waals surface area contributed by atoms with Gasteiger partial charge in [-0.25, -0.2) is 0 Å². The van der Waals surface area contributed by atoms with E-state index in [1.165, 1.54) is 18.4 Å². The third kappa shape index (κ3) is 5.57. The second-order valence-electron chi connectivity index (χ2n) is 8.76. The first-order chi connectivity index (χ1) is 13.4. The Morgan fingerprint density at radius 2 is 1.71 bits per heavy atom. The van der Waals surface area contributed by atoms with E-state index in [0.29, 0.717) is 43.9 Å². The maximum absolute atomic E-state index is 12.5. The molecular formula is C23H35N3O2. The van der Waals surface area contributed by atoms with Gasteiger partial charge in [0.1, 0.15) is 0 Å². The maximum Gasteiger partial charge on any atom is 0.234 e. The van der Waals surface area contributed by atoms with E-state index < -0.39 is 0 Å². The van der Waals surface area contributed by atoms with Gasteiger partial charge in [-0.05, 0) is 30.7 Å². The lowest BCUT2D eigenvalue weighted by atomic mass is 9.78. The van der Waals surface area contributed by atoms with E-state index in [4.69, 9.17) is 0 Å². The van der Waals surface area contributed by atoms with E-state index >= 15 is 0 Å². The lowest BCUT2D eigenvalue weighted by Crippen LogP contribution is -2.53. The Balaban J connectivity index is 1.40. The summed E-state index contributed by atoms with van der Waals surface area (Å²) in [5.74, 6) is 1.54. The van der Waals surface area contributed by atoms with Crippen LogP contribution in [0.4, 0.5) is 0 Å². The van der Waals surface area contributed by atoms with Crippen LogP contribution >= 0.6 is 0 Å². The summed E-state index contributed by atoms with van der Waals surface area (Å²) in [4.78, 5) is 29.1. The maximum atomic E-state index is 12.5. The molecule has 5 heteroatoms. The van der Waals surface area contributed by atoms with Crippen LogP contribution in [0.25, 0.3) is 0 Å². The minimum absolute atomic E-state index is 0.130. The normalized spacial score (nSPS) is 26.1. The fourth-order valence-corrected chi connectivity index (χ4v) is 4.39. The van der Waals surface area contributed by atoms with Gasteiger partial charge in [0.25, 0.3) is 0 Å². The number of rotatable bonds is 5. The summed E-state index contributed by atoms with van der Waals surface area (Å²) in [7, 11) is 0. The van der Waals surface area contributed by atoms with Gasteiger partial charge in [0.2, 0.25) is 11.8 Å². The van der Waals surface area contributed by atoms with E-state index in [1.807, 2.05) is 29.2 Å². The lowest BCUT2D eigenvalue weighted by molar-refractivity contribution is -0.132. The highest BCUT2D eigenvalue weighted by Crippen LogP contribution is 2.29. The Labute approximate surface area is 169 Å². The third-order valence-electron chi connectivity index (χ3n) is 6.62. The number of aryl methyl sites for hydroxylation is 1. The van der Waals surface area contributed by atoms with Crippen LogP contribution in [-0.2, 0) is 16.0 Å². The standard InChI is InChI=1S/C23H35N3O2/c1-17-7-9-20(10-8-17)15-23(28)26-13-11-25(12-14-26)16-22(27)24-21-6-4-5-18(2)19(21)3/h7-10,18-19,21H,4-6,11-16H2,1-3H3,(H,24,27). The van der Waals surface area contributed by atoms with Gasteiger partial charge in [-0.1, -0.05) is 56.5 Å². The van der Waals surface area contributed by atoms with E-state index in [9.17, 15) is 9.59 Å². The minimum Gasteiger partial charge on any atom is -0.352 e. The van der Waals surface area contributed by atoms with Crippen LogP contribution in [0.2, 0.25) is 0 Å². The van der Waals surface area contributed by atoms with Crippen LogP contribution in [0.5, 0.6) is 0 Å². The largest absolute Gasteiger partial charge is 0.352 e. The van der Waals surface area contributed by atoms with Crippen molar-refractivity contribution in [3.05, 3.63) is 35.4 Å². The quantitative estimate of drug-likeness (QED) is 0.848. The van der Waals surface area contributed by atoms with Gasteiger partial charge in [0, 0.05) is 32.2 Å². The summed E-state index contributed by atoms with van der Waals surface area (Å²) in [5.41, 5.74) is 2.27. The van der Waals surface area contributed by atoms with Crippen LogP contribution in [0.15, 0.2) is 24.3 Å². The summed E-state index contributed by atoms with van der Waals surface area (Å²) in [6.45, 7) is 9.98. The molecule has 0 bridgehead atoms. The van der Waals surface area contributed by atoms with Crippen molar-refractivity contribution >= 4 is 11.8 Å². The van der Waals surface area contributed by atoms with Crippen molar-refractivity contribution in [1.29, 1.82) is 0 Å². The van der Waals surface area contributed by atoms with Crippen molar-refractivity contribution in [3.63, 3.8) is 0 Å². The van der Waals surface area contributed by atoms with Gasteiger partial charge in [-0.2, -0.15) is 0 Å². The van der Waals surface area contributed by atoms with Crippen LogP contribution in [-0.4, -0.2) is 60.4 Å². The summed E-state index contributed by atoms with van der Waals surface area (Å²) in [5, 5.41) is 3.26. The van der Waals surface area contributed by atoms with E-state index in [-0.39, 0.29) is 11.8 Å². The third-order valence-corrected chi connectivity index (χ3v) is 6.62. The molecule has 1 aromatic rings. The smallest absolute Gasteiger partial charge is 0.234 e. The zero-order valence-electron chi connectivity index (χ0n) is 17.6. The predicted octanol–water partition coefficient (Wildman–Crippen LogP) is 2.62. The molecule has 1 aliphatic heterocycles. The van der Waals surface area contributed by atoms with Gasteiger partial charge in [0.15, 0.2) is 0 Å². The van der Waals surface area contributed by atoms with Crippen LogP contribution in [0.1, 0.15) is 44.2 Å². The van der Waals surface area contributed by atoms with Crippen molar-refractivity contribution in [1.82, 2.24) is 15.1 Å². The first-order valence-electron chi connectivity index (χ1n) is 10.8. The highest BCUT2D eigenvalue weighted by molar-refractivity contribution is 5.79. The second kappa shape index (κ2) is 9.55. The van der Waals surface area contributed by atoms with Crippen molar-refractivity contribution in [3.8, 4) is 0 Å². The Kier molecular flexibility index (Phi) is 7.11. The van der Waals surface area contributed by atoms with Gasteiger partial charge >= 0.3 is 0 Å². The van der Waals surface area contributed by atoms with E-state index in [0.717, 1.165) is 25.1 Å². The first kappa shape index (κ1) is 20.8. The highest BCUT2D eigenvalue weighted by atomic mass is 16.2. The van der Waals surface area contributed by atoms with Crippen LogP contribution < -0.4 is 5.32 Å². The molecule has 1 heterocycles. The molecule has 28 heavy (non-hydrogen) atoms. The van der Waals surface area contributed by atoms with Gasteiger partial charge < -0.3 is 10.2 Å². The van der Waals surface area contributed by atoms with Gasteiger partial charge in [-0.15, -0.1) is 0 Å². The van der Waals surface area contributed by atoms with Crippen LogP contribution in [0.3, 0.4) is 0 Å². The minimum atomic E-state index is 0.130. The Hall–Kier alpha value is -1.88. The first-order valence-corrected chi connectivity index (χ1v) is 10.8. The number of piperazine rings is 1. The fourth-order valence-electron chi connectivity index (χ4n) is 4.39. The summed E-state index contributed by atoms with van der Waals surface area (Å²) >= 11 is 0. The molecule has 0 aromatic heterocycles. The number of carbonyl (C=O) groups excluding carboxylic acids is 2. The molecule has 3 atom stereocenters. The zero-order chi connectivity index (χ0) is 20.1. The molecule has 1 saturated carbocycles. The molecule has 3 rings (SSSR count). The lowest BCUT2D eigenvalue weighted by Gasteiger charge is -2.37. The molecule has 2 aliphatic rings.